The van der Waals surface area contributed by atoms with Crippen molar-refractivity contribution < 1.29 is 18.8 Å². The second kappa shape index (κ2) is 6.87. The molecule has 3 aromatic rings. The van der Waals surface area contributed by atoms with E-state index in [0.29, 0.717) is 28.5 Å². The lowest BCUT2D eigenvalue weighted by Crippen LogP contribution is -2.13. The molecule has 0 aliphatic carbocycles. The average Bonchev–Trinajstić information content (AvgIpc) is 3.12. The van der Waals surface area contributed by atoms with Crippen LogP contribution in [-0.2, 0) is 0 Å². The van der Waals surface area contributed by atoms with Gasteiger partial charge in [0.1, 0.15) is 17.1 Å². The van der Waals surface area contributed by atoms with Crippen molar-refractivity contribution in [3.8, 4) is 22.8 Å². The maximum atomic E-state index is 12.6. The first-order valence-electron chi connectivity index (χ1n) is 7.26. The maximum Gasteiger partial charge on any atom is 0.261 e. The second-order valence-corrected chi connectivity index (χ2v) is 4.95. The van der Waals surface area contributed by atoms with Crippen LogP contribution < -0.4 is 14.8 Å². The van der Waals surface area contributed by atoms with E-state index in [0.717, 1.165) is 5.56 Å². The lowest BCUT2D eigenvalue weighted by atomic mass is 10.1. The summed E-state index contributed by atoms with van der Waals surface area (Å²) in [6.45, 7) is 0. The van der Waals surface area contributed by atoms with Gasteiger partial charge in [0.25, 0.3) is 5.91 Å². The van der Waals surface area contributed by atoms with E-state index in [1.807, 2.05) is 30.3 Å². The van der Waals surface area contributed by atoms with Crippen LogP contribution in [0.4, 0.5) is 5.69 Å². The number of benzene rings is 2. The molecule has 0 radical (unpaired) electrons. The minimum Gasteiger partial charge on any atom is -0.497 e. The zero-order valence-corrected chi connectivity index (χ0v) is 13.3. The summed E-state index contributed by atoms with van der Waals surface area (Å²) in [5, 5.41) is 6.55. The van der Waals surface area contributed by atoms with Crippen molar-refractivity contribution in [1.29, 1.82) is 0 Å². The van der Waals surface area contributed by atoms with Crippen molar-refractivity contribution in [2.45, 2.75) is 0 Å². The Morgan fingerprint density at radius 1 is 1.08 bits per heavy atom. The molecule has 0 unspecified atom stereocenters. The number of amides is 1. The van der Waals surface area contributed by atoms with Gasteiger partial charge in [-0.1, -0.05) is 35.5 Å². The molecule has 1 N–H and O–H groups in total. The van der Waals surface area contributed by atoms with Crippen LogP contribution in [0.1, 0.15) is 10.4 Å². The van der Waals surface area contributed by atoms with Crippen LogP contribution in [0, 0.1) is 0 Å². The lowest BCUT2D eigenvalue weighted by molar-refractivity contribution is 0.102. The third-order valence-corrected chi connectivity index (χ3v) is 3.51. The highest BCUT2D eigenvalue weighted by Gasteiger charge is 2.19. The van der Waals surface area contributed by atoms with Gasteiger partial charge in [0.2, 0.25) is 0 Å². The molecule has 122 valence electrons. The van der Waals surface area contributed by atoms with E-state index >= 15 is 0 Å². The van der Waals surface area contributed by atoms with Gasteiger partial charge in [0, 0.05) is 11.6 Å². The molecule has 0 saturated carbocycles. The van der Waals surface area contributed by atoms with Crippen LogP contribution in [0.3, 0.4) is 0 Å². The Morgan fingerprint density at radius 2 is 1.88 bits per heavy atom. The summed E-state index contributed by atoms with van der Waals surface area (Å²) < 4.78 is 15.7. The largest absolute Gasteiger partial charge is 0.497 e. The molecule has 6 nitrogen and oxygen atoms in total. The molecule has 6 heteroatoms. The monoisotopic (exact) mass is 324 g/mol. The molecule has 0 spiro atoms. The topological polar surface area (TPSA) is 73.6 Å². The molecule has 0 atom stereocenters. The number of carbonyl (C=O) groups excluding carboxylic acids is 1. The number of hydrogen-bond acceptors (Lipinski definition) is 5. The highest BCUT2D eigenvalue weighted by Crippen LogP contribution is 2.30. The SMILES string of the molecule is COc1ccc(OC)c(NC(=O)c2cnoc2-c2ccccc2)c1. The van der Waals surface area contributed by atoms with E-state index in [1.165, 1.54) is 13.3 Å². The van der Waals surface area contributed by atoms with Crippen LogP contribution in [0.2, 0.25) is 0 Å². The molecular formula is C18H16N2O4. The maximum absolute atomic E-state index is 12.6. The van der Waals surface area contributed by atoms with Gasteiger partial charge in [0.15, 0.2) is 5.76 Å². The molecule has 1 heterocycles. The van der Waals surface area contributed by atoms with Crippen molar-refractivity contribution in [3.05, 3.63) is 60.3 Å². The molecule has 1 amide bonds. The van der Waals surface area contributed by atoms with E-state index in [4.69, 9.17) is 14.0 Å². The van der Waals surface area contributed by atoms with Gasteiger partial charge in [-0.2, -0.15) is 0 Å². The highest BCUT2D eigenvalue weighted by atomic mass is 16.5. The number of aromatic nitrogens is 1. The minimum atomic E-state index is -0.346. The van der Waals surface area contributed by atoms with Gasteiger partial charge in [-0.25, -0.2) is 0 Å². The molecule has 0 saturated heterocycles. The number of hydrogen-bond donors (Lipinski definition) is 1. The predicted octanol–water partition coefficient (Wildman–Crippen LogP) is 3.61. The van der Waals surface area contributed by atoms with Gasteiger partial charge in [-0.3, -0.25) is 4.79 Å². The highest BCUT2D eigenvalue weighted by molar-refractivity contribution is 6.08. The van der Waals surface area contributed by atoms with Gasteiger partial charge < -0.3 is 19.3 Å². The first-order chi connectivity index (χ1) is 11.7. The Morgan fingerprint density at radius 3 is 2.58 bits per heavy atom. The third kappa shape index (κ3) is 3.08. The van der Waals surface area contributed by atoms with Crippen LogP contribution in [0.15, 0.2) is 59.3 Å². The molecule has 0 bridgehead atoms. The van der Waals surface area contributed by atoms with E-state index < -0.39 is 0 Å². The second-order valence-electron chi connectivity index (χ2n) is 4.95. The van der Waals surface area contributed by atoms with Crippen molar-refractivity contribution >= 4 is 11.6 Å². The standard InChI is InChI=1S/C18H16N2O4/c1-22-13-8-9-16(23-2)15(10-13)20-18(21)14-11-19-24-17(14)12-6-4-3-5-7-12/h3-11H,1-2H3,(H,20,21). The Balaban J connectivity index is 1.91. The van der Waals surface area contributed by atoms with E-state index in [9.17, 15) is 4.79 Å². The van der Waals surface area contributed by atoms with Crippen molar-refractivity contribution in [2.75, 3.05) is 19.5 Å². The Bertz CT molecular complexity index is 843. The van der Waals surface area contributed by atoms with Gasteiger partial charge >= 0.3 is 0 Å². The number of carbonyl (C=O) groups is 1. The Hall–Kier alpha value is -3.28. The number of methoxy groups -OCH3 is 2. The molecule has 24 heavy (non-hydrogen) atoms. The summed E-state index contributed by atoms with van der Waals surface area (Å²) in [4.78, 5) is 12.6. The average molecular weight is 324 g/mol. The molecule has 0 aliphatic heterocycles. The third-order valence-electron chi connectivity index (χ3n) is 3.51. The fourth-order valence-corrected chi connectivity index (χ4v) is 2.30. The Kier molecular flexibility index (Phi) is 4.47. The van der Waals surface area contributed by atoms with Crippen LogP contribution in [0.5, 0.6) is 11.5 Å². The van der Waals surface area contributed by atoms with E-state index in [1.54, 1.807) is 25.3 Å². The van der Waals surface area contributed by atoms with Crippen molar-refractivity contribution in [3.63, 3.8) is 0 Å². The summed E-state index contributed by atoms with van der Waals surface area (Å²) >= 11 is 0. The van der Waals surface area contributed by atoms with Crippen molar-refractivity contribution in [2.24, 2.45) is 0 Å². The summed E-state index contributed by atoms with van der Waals surface area (Å²) in [6.07, 6.45) is 1.39. The van der Waals surface area contributed by atoms with Crippen LogP contribution in [-0.4, -0.2) is 25.3 Å². The van der Waals surface area contributed by atoms with Gasteiger partial charge in [-0.15, -0.1) is 0 Å². The minimum absolute atomic E-state index is 0.339. The first kappa shape index (κ1) is 15.6. The Labute approximate surface area is 139 Å². The fraction of sp³-hybridized carbons (Fsp3) is 0.111. The fourth-order valence-electron chi connectivity index (χ4n) is 2.30. The first-order valence-corrected chi connectivity index (χ1v) is 7.26. The van der Waals surface area contributed by atoms with E-state index in [-0.39, 0.29) is 5.91 Å². The van der Waals surface area contributed by atoms with Gasteiger partial charge in [0.05, 0.1) is 26.1 Å². The number of ether oxygens (including phenoxy) is 2. The molecule has 2 aromatic carbocycles. The van der Waals surface area contributed by atoms with Crippen LogP contribution >= 0.6 is 0 Å². The molecular weight excluding hydrogens is 308 g/mol. The zero-order chi connectivity index (χ0) is 16.9. The van der Waals surface area contributed by atoms with Crippen LogP contribution in [0.25, 0.3) is 11.3 Å². The number of rotatable bonds is 5. The number of nitrogens with one attached hydrogen (secondary N) is 1. The molecule has 3 rings (SSSR count). The van der Waals surface area contributed by atoms with Crippen molar-refractivity contribution in [1.82, 2.24) is 5.16 Å². The summed E-state index contributed by atoms with van der Waals surface area (Å²) in [5.41, 5.74) is 1.62. The zero-order valence-electron chi connectivity index (χ0n) is 13.3. The molecule has 1 aromatic heterocycles. The smallest absolute Gasteiger partial charge is 0.261 e. The quantitative estimate of drug-likeness (QED) is 0.776. The summed E-state index contributed by atoms with van der Waals surface area (Å²) in [7, 11) is 3.09. The summed E-state index contributed by atoms with van der Waals surface area (Å²) in [6, 6.07) is 14.5. The molecule has 0 fully saturated rings. The predicted molar refractivity (Wildman–Crippen MR) is 89.4 cm³/mol. The summed E-state index contributed by atoms with van der Waals surface area (Å²) in [5.74, 6) is 1.21. The van der Waals surface area contributed by atoms with Gasteiger partial charge in [-0.05, 0) is 12.1 Å². The van der Waals surface area contributed by atoms with E-state index in [2.05, 4.69) is 10.5 Å². The number of anilines is 1. The molecule has 0 aliphatic rings. The normalized spacial score (nSPS) is 10.2. The number of nitrogens with zero attached hydrogens (tertiary/aromatic N) is 1. The lowest BCUT2D eigenvalue weighted by Gasteiger charge is -2.11.